The average molecular weight is 275 g/mol. The van der Waals surface area contributed by atoms with E-state index in [1.807, 2.05) is 19.1 Å². The van der Waals surface area contributed by atoms with Crippen molar-refractivity contribution >= 4 is 11.7 Å². The number of rotatable bonds is 5. The van der Waals surface area contributed by atoms with Gasteiger partial charge in [0.25, 0.3) is 0 Å². The zero-order valence-electron chi connectivity index (χ0n) is 11.8. The van der Waals surface area contributed by atoms with E-state index in [-0.39, 0.29) is 5.97 Å². The summed E-state index contributed by atoms with van der Waals surface area (Å²) in [6.45, 7) is 2.56. The molecule has 0 atom stereocenters. The number of aromatic nitrogens is 4. The van der Waals surface area contributed by atoms with Crippen molar-refractivity contribution in [1.29, 1.82) is 0 Å². The average Bonchev–Trinajstić information content (AvgIpc) is 2.89. The van der Waals surface area contributed by atoms with Gasteiger partial charge in [0.2, 0.25) is 0 Å². The number of tetrazole rings is 1. The molecule has 0 saturated heterocycles. The molecule has 1 heterocycles. The van der Waals surface area contributed by atoms with Crippen molar-refractivity contribution in [2.75, 3.05) is 12.4 Å². The lowest BCUT2D eigenvalue weighted by Gasteiger charge is -2.11. The smallest absolute Gasteiger partial charge is 0.337 e. The number of ether oxygens (including phenoxy) is 1. The number of esters is 1. The third-order valence-corrected chi connectivity index (χ3v) is 3.05. The Labute approximate surface area is 116 Å². The highest BCUT2D eigenvalue weighted by Gasteiger charge is 2.09. The van der Waals surface area contributed by atoms with E-state index in [9.17, 15) is 4.79 Å². The molecule has 0 amide bonds. The maximum Gasteiger partial charge on any atom is 0.337 e. The molecule has 20 heavy (non-hydrogen) atoms. The molecule has 7 nitrogen and oxygen atoms in total. The van der Waals surface area contributed by atoms with Crippen LogP contribution < -0.4 is 5.32 Å². The van der Waals surface area contributed by atoms with Crippen LogP contribution in [0.5, 0.6) is 0 Å². The first-order valence-corrected chi connectivity index (χ1v) is 6.32. The quantitative estimate of drug-likeness (QED) is 0.825. The van der Waals surface area contributed by atoms with Crippen molar-refractivity contribution < 1.29 is 9.53 Å². The Morgan fingerprint density at radius 1 is 1.45 bits per heavy atom. The molecule has 1 N–H and O–H groups in total. The highest BCUT2D eigenvalue weighted by atomic mass is 16.5. The first-order chi connectivity index (χ1) is 9.65. The number of benzene rings is 1. The minimum Gasteiger partial charge on any atom is -0.465 e. The van der Waals surface area contributed by atoms with Gasteiger partial charge in [-0.3, -0.25) is 0 Å². The maximum absolute atomic E-state index is 11.5. The first kappa shape index (κ1) is 14.0. The van der Waals surface area contributed by atoms with Crippen molar-refractivity contribution in [1.82, 2.24) is 20.2 Å². The highest BCUT2D eigenvalue weighted by molar-refractivity contribution is 5.90. The molecular weight excluding hydrogens is 258 g/mol. The molecule has 0 aliphatic heterocycles. The van der Waals surface area contributed by atoms with E-state index in [2.05, 4.69) is 20.8 Å². The Balaban J connectivity index is 2.15. The molecule has 2 rings (SSSR count). The lowest BCUT2D eigenvalue weighted by Crippen LogP contribution is -2.09. The van der Waals surface area contributed by atoms with Gasteiger partial charge in [-0.2, -0.15) is 0 Å². The summed E-state index contributed by atoms with van der Waals surface area (Å²) in [5, 5.41) is 14.5. The van der Waals surface area contributed by atoms with E-state index in [0.717, 1.165) is 23.5 Å². The van der Waals surface area contributed by atoms with Crippen LogP contribution in [-0.2, 0) is 24.8 Å². The summed E-state index contributed by atoms with van der Waals surface area (Å²) in [4.78, 5) is 11.5. The first-order valence-electron chi connectivity index (χ1n) is 6.32. The highest BCUT2D eigenvalue weighted by Crippen LogP contribution is 2.19. The molecule has 0 bridgehead atoms. The fraction of sp³-hybridized carbons (Fsp3) is 0.385. The van der Waals surface area contributed by atoms with Gasteiger partial charge < -0.3 is 10.1 Å². The van der Waals surface area contributed by atoms with E-state index in [0.29, 0.717) is 12.1 Å². The predicted octanol–water partition coefficient (Wildman–Crippen LogP) is 1.17. The van der Waals surface area contributed by atoms with E-state index >= 15 is 0 Å². The maximum atomic E-state index is 11.5. The number of hydrogen-bond donors (Lipinski definition) is 1. The van der Waals surface area contributed by atoms with Crippen LogP contribution >= 0.6 is 0 Å². The molecule has 0 fully saturated rings. The molecule has 0 unspecified atom stereocenters. The van der Waals surface area contributed by atoms with Crippen molar-refractivity contribution in [3.8, 4) is 0 Å². The van der Waals surface area contributed by atoms with Crippen LogP contribution in [0.4, 0.5) is 5.69 Å². The van der Waals surface area contributed by atoms with Gasteiger partial charge in [-0.15, -0.1) is 5.10 Å². The predicted molar refractivity (Wildman–Crippen MR) is 73.3 cm³/mol. The summed E-state index contributed by atoms with van der Waals surface area (Å²) in [7, 11) is 3.17. The summed E-state index contributed by atoms with van der Waals surface area (Å²) < 4.78 is 6.33. The topological polar surface area (TPSA) is 81.9 Å². The number of methoxy groups -OCH3 is 1. The summed E-state index contributed by atoms with van der Waals surface area (Å²) >= 11 is 0. The molecule has 0 spiro atoms. The van der Waals surface area contributed by atoms with Gasteiger partial charge in [0.1, 0.15) is 0 Å². The molecule has 0 aliphatic carbocycles. The lowest BCUT2D eigenvalue weighted by molar-refractivity contribution is 0.0600. The number of nitrogens with zero attached hydrogens (tertiary/aromatic N) is 4. The Kier molecular flexibility index (Phi) is 4.29. The second-order valence-corrected chi connectivity index (χ2v) is 4.29. The van der Waals surface area contributed by atoms with Gasteiger partial charge in [0.15, 0.2) is 5.82 Å². The number of carbonyl (C=O) groups is 1. The van der Waals surface area contributed by atoms with Crippen LogP contribution in [0.1, 0.15) is 28.7 Å². The zero-order valence-corrected chi connectivity index (χ0v) is 11.8. The van der Waals surface area contributed by atoms with E-state index < -0.39 is 0 Å². The summed E-state index contributed by atoms with van der Waals surface area (Å²) in [6, 6.07) is 5.44. The Morgan fingerprint density at radius 3 is 2.85 bits per heavy atom. The van der Waals surface area contributed by atoms with Crippen molar-refractivity contribution in [3.05, 3.63) is 35.2 Å². The van der Waals surface area contributed by atoms with E-state index in [1.165, 1.54) is 7.11 Å². The van der Waals surface area contributed by atoms with Crippen LogP contribution in [0.25, 0.3) is 0 Å². The minimum atomic E-state index is -0.330. The van der Waals surface area contributed by atoms with Gasteiger partial charge in [0, 0.05) is 12.7 Å². The zero-order chi connectivity index (χ0) is 14.5. The SMILES string of the molecule is CCc1cc(C(=O)OC)ccc1NCc1nnnn1C. The number of anilines is 1. The lowest BCUT2D eigenvalue weighted by atomic mass is 10.1. The monoisotopic (exact) mass is 275 g/mol. The summed E-state index contributed by atoms with van der Waals surface area (Å²) in [5.41, 5.74) is 2.56. The molecule has 0 radical (unpaired) electrons. The van der Waals surface area contributed by atoms with Gasteiger partial charge in [-0.25, -0.2) is 9.48 Å². The molecular formula is C13H17N5O2. The summed E-state index contributed by atoms with van der Waals surface area (Å²) in [6.07, 6.45) is 0.810. The second kappa shape index (κ2) is 6.14. The molecule has 7 heteroatoms. The van der Waals surface area contributed by atoms with Crippen LogP contribution in [0.2, 0.25) is 0 Å². The number of nitrogens with one attached hydrogen (secondary N) is 1. The van der Waals surface area contributed by atoms with Crippen LogP contribution in [0.15, 0.2) is 18.2 Å². The normalized spacial score (nSPS) is 10.3. The number of carbonyl (C=O) groups excluding carboxylic acids is 1. The van der Waals surface area contributed by atoms with Gasteiger partial charge in [-0.05, 0) is 40.6 Å². The molecule has 2 aromatic rings. The fourth-order valence-corrected chi connectivity index (χ4v) is 1.88. The summed E-state index contributed by atoms with van der Waals surface area (Å²) in [5.74, 6) is 0.410. The molecule has 0 aliphatic rings. The third-order valence-electron chi connectivity index (χ3n) is 3.05. The Hall–Kier alpha value is -2.44. The van der Waals surface area contributed by atoms with E-state index in [4.69, 9.17) is 4.74 Å². The van der Waals surface area contributed by atoms with Crippen LogP contribution in [0, 0.1) is 0 Å². The van der Waals surface area contributed by atoms with Crippen molar-refractivity contribution in [2.24, 2.45) is 7.05 Å². The Morgan fingerprint density at radius 2 is 2.25 bits per heavy atom. The molecule has 106 valence electrons. The van der Waals surface area contributed by atoms with Gasteiger partial charge in [-0.1, -0.05) is 6.92 Å². The Bertz CT molecular complexity index is 609. The molecule has 1 aromatic carbocycles. The van der Waals surface area contributed by atoms with E-state index in [1.54, 1.807) is 17.8 Å². The van der Waals surface area contributed by atoms with Gasteiger partial charge >= 0.3 is 5.97 Å². The van der Waals surface area contributed by atoms with Crippen molar-refractivity contribution in [2.45, 2.75) is 19.9 Å². The fourth-order valence-electron chi connectivity index (χ4n) is 1.88. The largest absolute Gasteiger partial charge is 0.465 e. The standard InChI is InChI=1S/C13H17N5O2/c1-4-9-7-10(13(19)20-3)5-6-11(9)14-8-12-15-16-17-18(12)2/h5-7,14H,4,8H2,1-3H3. The van der Waals surface area contributed by atoms with Crippen LogP contribution in [-0.4, -0.2) is 33.3 Å². The number of hydrogen-bond acceptors (Lipinski definition) is 6. The third kappa shape index (κ3) is 2.93. The minimum absolute atomic E-state index is 0.330. The second-order valence-electron chi connectivity index (χ2n) is 4.29. The van der Waals surface area contributed by atoms with Crippen LogP contribution in [0.3, 0.4) is 0 Å². The molecule has 0 saturated carbocycles. The molecule has 1 aromatic heterocycles. The number of aryl methyl sites for hydroxylation is 2. The van der Waals surface area contributed by atoms with Gasteiger partial charge in [0.05, 0.1) is 19.2 Å². The van der Waals surface area contributed by atoms with Crippen molar-refractivity contribution in [3.63, 3.8) is 0 Å².